The quantitative estimate of drug-likeness (QED) is 0.824. The summed E-state index contributed by atoms with van der Waals surface area (Å²) in [5, 5.41) is 11.7. The molecule has 0 aliphatic heterocycles. The topological polar surface area (TPSA) is 118 Å². The summed E-state index contributed by atoms with van der Waals surface area (Å²) in [4.78, 5) is 27.3. The van der Waals surface area contributed by atoms with E-state index in [4.69, 9.17) is 0 Å². The Morgan fingerprint density at radius 1 is 1.23 bits per heavy atom. The van der Waals surface area contributed by atoms with Crippen LogP contribution in [0.3, 0.4) is 0 Å². The van der Waals surface area contributed by atoms with E-state index in [0.717, 1.165) is 3.97 Å². The highest BCUT2D eigenvalue weighted by atomic mass is 32.2. The molecule has 0 atom stereocenters. The second kappa shape index (κ2) is 6.75. The molecule has 1 aliphatic rings. The van der Waals surface area contributed by atoms with Crippen molar-refractivity contribution in [1.29, 1.82) is 0 Å². The molecular weight excluding hydrogens is 358 g/mol. The van der Waals surface area contributed by atoms with E-state index in [1.807, 2.05) is 0 Å². The van der Waals surface area contributed by atoms with Crippen molar-refractivity contribution in [3.63, 3.8) is 0 Å². The van der Waals surface area contributed by atoms with Gasteiger partial charge in [0.2, 0.25) is 11.9 Å². The zero-order valence-electron chi connectivity index (χ0n) is 14.0. The molecule has 3 rings (SSSR count). The summed E-state index contributed by atoms with van der Waals surface area (Å²) in [6, 6.07) is 7.80. The van der Waals surface area contributed by atoms with Crippen LogP contribution in [0.2, 0.25) is 0 Å². The zero-order chi connectivity index (χ0) is 18.9. The van der Waals surface area contributed by atoms with Gasteiger partial charge in [-0.05, 0) is 31.1 Å². The first-order valence-corrected chi connectivity index (χ1v) is 9.44. The van der Waals surface area contributed by atoms with E-state index in [2.05, 4.69) is 10.3 Å². The Bertz CT molecular complexity index is 1010. The summed E-state index contributed by atoms with van der Waals surface area (Å²) in [5.41, 5.74) is 0.734. The van der Waals surface area contributed by atoms with E-state index in [1.165, 1.54) is 18.2 Å². The molecule has 26 heavy (non-hydrogen) atoms. The normalized spacial score (nSPS) is 13.7. The second-order valence-electron chi connectivity index (χ2n) is 5.73. The van der Waals surface area contributed by atoms with Crippen molar-refractivity contribution in [2.24, 2.45) is 0 Å². The molecule has 1 aliphatic carbocycles. The molecule has 0 radical (unpaired) electrons. The molecule has 0 unspecified atom stereocenters. The van der Waals surface area contributed by atoms with Crippen molar-refractivity contribution in [3.05, 3.63) is 47.3 Å². The van der Waals surface area contributed by atoms with Gasteiger partial charge >= 0.3 is 5.97 Å². The molecule has 0 spiro atoms. The lowest BCUT2D eigenvalue weighted by Crippen LogP contribution is -2.22. The van der Waals surface area contributed by atoms with E-state index < -0.39 is 16.0 Å². The van der Waals surface area contributed by atoms with E-state index >= 15 is 0 Å². The summed E-state index contributed by atoms with van der Waals surface area (Å²) >= 11 is 0. The number of amides is 1. The number of imidazole rings is 1. The van der Waals surface area contributed by atoms with Gasteiger partial charge in [-0.1, -0.05) is 25.1 Å². The summed E-state index contributed by atoms with van der Waals surface area (Å²) in [5.74, 6) is -1.59. The van der Waals surface area contributed by atoms with Crippen LogP contribution >= 0.6 is 0 Å². The van der Waals surface area contributed by atoms with Crippen molar-refractivity contribution < 1.29 is 23.1 Å². The lowest BCUT2D eigenvalue weighted by atomic mass is 10.0. The average Bonchev–Trinajstić information content (AvgIpc) is 2.99. The number of carbonyl (C=O) groups is 2. The number of aromatic nitrogens is 2. The van der Waals surface area contributed by atoms with Crippen molar-refractivity contribution in [1.82, 2.24) is 8.96 Å². The maximum absolute atomic E-state index is 13.1. The van der Waals surface area contributed by atoms with Gasteiger partial charge in [0, 0.05) is 12.0 Å². The van der Waals surface area contributed by atoms with Crippen molar-refractivity contribution in [3.8, 4) is 0 Å². The van der Waals surface area contributed by atoms with Gasteiger partial charge in [0.1, 0.15) is 0 Å². The number of anilines is 1. The Morgan fingerprint density at radius 3 is 2.54 bits per heavy atom. The van der Waals surface area contributed by atoms with Gasteiger partial charge in [0.15, 0.2) is 0 Å². The highest BCUT2D eigenvalue weighted by Crippen LogP contribution is 2.30. The minimum atomic E-state index is -4.00. The number of carbonyl (C=O) groups excluding carboxylic acids is 1. The second-order valence-corrected chi connectivity index (χ2v) is 7.51. The number of nitrogens with one attached hydrogen (secondary N) is 1. The molecule has 8 nitrogen and oxygen atoms in total. The van der Waals surface area contributed by atoms with Crippen molar-refractivity contribution in [2.45, 2.75) is 31.1 Å². The first-order valence-electron chi connectivity index (χ1n) is 8.00. The molecule has 1 aromatic heterocycles. The van der Waals surface area contributed by atoms with Gasteiger partial charge in [0.25, 0.3) is 10.0 Å². The molecule has 1 heterocycles. The molecule has 0 saturated heterocycles. The van der Waals surface area contributed by atoms with Crippen LogP contribution in [0.15, 0.2) is 40.8 Å². The van der Waals surface area contributed by atoms with E-state index in [9.17, 15) is 23.1 Å². The van der Waals surface area contributed by atoms with Crippen LogP contribution in [0.1, 0.15) is 31.2 Å². The first kappa shape index (κ1) is 17.9. The molecule has 136 valence electrons. The Kier molecular flexibility index (Phi) is 4.64. The SMILES string of the molecule is CCC(=O)Nc1nc2c(n1S(=O)(=O)c1ccccc1)CCC(C(=O)O)=C2. The summed E-state index contributed by atoms with van der Waals surface area (Å²) in [7, 11) is -4.00. The smallest absolute Gasteiger partial charge is 0.331 e. The fourth-order valence-corrected chi connectivity index (χ4v) is 4.21. The first-order chi connectivity index (χ1) is 12.3. The summed E-state index contributed by atoms with van der Waals surface area (Å²) in [6.07, 6.45) is 1.87. The predicted molar refractivity (Wildman–Crippen MR) is 94.1 cm³/mol. The monoisotopic (exact) mass is 375 g/mol. The number of rotatable bonds is 5. The van der Waals surface area contributed by atoms with Gasteiger partial charge in [0.05, 0.1) is 16.3 Å². The van der Waals surface area contributed by atoms with Crippen LogP contribution in [0.5, 0.6) is 0 Å². The average molecular weight is 375 g/mol. The van der Waals surface area contributed by atoms with Crippen LogP contribution in [0, 0.1) is 0 Å². The molecule has 0 bridgehead atoms. The number of carboxylic acids is 1. The molecule has 0 saturated carbocycles. The summed E-state index contributed by atoms with van der Waals surface area (Å²) < 4.78 is 27.2. The van der Waals surface area contributed by atoms with Crippen LogP contribution in [0.25, 0.3) is 6.08 Å². The van der Waals surface area contributed by atoms with Crippen LogP contribution in [-0.4, -0.2) is 34.4 Å². The Labute approximate surface area is 150 Å². The maximum Gasteiger partial charge on any atom is 0.331 e. The Balaban J connectivity index is 2.21. The number of hydrogen-bond donors (Lipinski definition) is 2. The van der Waals surface area contributed by atoms with Gasteiger partial charge in [-0.2, -0.15) is 0 Å². The van der Waals surface area contributed by atoms with Gasteiger partial charge in [-0.3, -0.25) is 10.1 Å². The molecule has 9 heteroatoms. The van der Waals surface area contributed by atoms with E-state index in [-0.39, 0.29) is 47.3 Å². The standard InChI is InChI=1S/C17H17N3O5S/c1-2-15(21)19-17-18-13-10-11(16(22)23)8-9-14(13)20(17)26(24,25)12-6-4-3-5-7-12/h3-7,10H,2,8-9H2,1H3,(H,22,23)(H,18,19,21). The van der Waals surface area contributed by atoms with E-state index in [1.54, 1.807) is 25.1 Å². The maximum atomic E-state index is 13.1. The van der Waals surface area contributed by atoms with E-state index in [0.29, 0.717) is 5.69 Å². The zero-order valence-corrected chi connectivity index (χ0v) is 14.8. The van der Waals surface area contributed by atoms with Gasteiger partial charge in [-0.15, -0.1) is 0 Å². The lowest BCUT2D eigenvalue weighted by molar-refractivity contribution is -0.132. The number of benzene rings is 1. The Morgan fingerprint density at radius 2 is 1.92 bits per heavy atom. The number of hydrogen-bond acceptors (Lipinski definition) is 5. The number of fused-ring (bicyclic) bond motifs is 1. The molecule has 1 amide bonds. The van der Waals surface area contributed by atoms with Crippen molar-refractivity contribution >= 4 is 33.9 Å². The van der Waals surface area contributed by atoms with Crippen LogP contribution < -0.4 is 5.32 Å². The largest absolute Gasteiger partial charge is 0.478 e. The molecule has 2 N–H and O–H groups in total. The predicted octanol–water partition coefficient (Wildman–Crippen LogP) is 1.88. The Hall–Kier alpha value is -2.94. The fourth-order valence-electron chi connectivity index (χ4n) is 2.71. The minimum Gasteiger partial charge on any atom is -0.478 e. The third kappa shape index (κ3) is 3.13. The van der Waals surface area contributed by atoms with Gasteiger partial charge in [-0.25, -0.2) is 22.2 Å². The molecule has 1 aromatic carbocycles. The highest BCUT2D eigenvalue weighted by Gasteiger charge is 2.30. The number of carboxylic acid groups (broad SMARTS) is 1. The fraction of sp³-hybridized carbons (Fsp3) is 0.235. The number of nitrogens with zero attached hydrogens (tertiary/aromatic N) is 2. The van der Waals surface area contributed by atoms with Crippen molar-refractivity contribution in [2.75, 3.05) is 5.32 Å². The van der Waals surface area contributed by atoms with Gasteiger partial charge < -0.3 is 5.11 Å². The molecule has 2 aromatic rings. The number of aliphatic carboxylic acids is 1. The molecular formula is C17H17N3O5S. The van der Waals surface area contributed by atoms with Crippen LogP contribution in [0.4, 0.5) is 5.95 Å². The summed E-state index contributed by atoms with van der Waals surface area (Å²) in [6.45, 7) is 1.64. The third-order valence-electron chi connectivity index (χ3n) is 4.03. The molecule has 0 fully saturated rings. The third-order valence-corrected chi connectivity index (χ3v) is 5.77. The minimum absolute atomic E-state index is 0.0557. The highest BCUT2D eigenvalue weighted by molar-refractivity contribution is 7.90. The van der Waals surface area contributed by atoms with Crippen LogP contribution in [-0.2, 0) is 26.0 Å². The lowest BCUT2D eigenvalue weighted by Gasteiger charge is -2.15.